The van der Waals surface area contributed by atoms with Crippen LogP contribution >= 0.6 is 0 Å². The summed E-state index contributed by atoms with van der Waals surface area (Å²) < 4.78 is 14.2. The molecular formula is C35H23N5OPt. The molecule has 0 aliphatic carbocycles. The molecule has 4 aromatic carbocycles. The van der Waals surface area contributed by atoms with Crippen molar-refractivity contribution in [2.75, 3.05) is 0 Å². The summed E-state index contributed by atoms with van der Waals surface area (Å²) in [4.78, 5) is 9.30. The Morgan fingerprint density at radius 1 is 0.500 bits per heavy atom. The average Bonchev–Trinajstić information content (AvgIpc) is 3.53. The first-order valence-electron chi connectivity index (χ1n) is 13.6. The van der Waals surface area contributed by atoms with Gasteiger partial charge in [-0.15, -0.1) is 0 Å². The Morgan fingerprint density at radius 2 is 1.21 bits per heavy atom. The van der Waals surface area contributed by atoms with Crippen molar-refractivity contribution in [3.05, 3.63) is 144 Å². The van der Waals surface area contributed by atoms with Crippen LogP contribution < -0.4 is 4.74 Å². The van der Waals surface area contributed by atoms with Gasteiger partial charge in [-0.1, -0.05) is 6.07 Å². The van der Waals surface area contributed by atoms with Crippen molar-refractivity contribution >= 4 is 33.0 Å². The van der Waals surface area contributed by atoms with Gasteiger partial charge in [-0.05, 0) is 12.1 Å². The number of rotatable bonds is 5. The molecule has 4 heterocycles. The number of ether oxygens (including phenoxy) is 1. The van der Waals surface area contributed by atoms with Crippen molar-refractivity contribution in [2.24, 2.45) is 0 Å². The molecule has 8 rings (SSSR count). The second kappa shape index (κ2) is 10.1. The summed E-state index contributed by atoms with van der Waals surface area (Å²) in [5.41, 5.74) is 6.27. The quantitative estimate of drug-likeness (QED) is 0.180. The van der Waals surface area contributed by atoms with Gasteiger partial charge in [-0.2, -0.15) is 0 Å². The number of hydrogen-bond acceptors (Lipinski definition) is 3. The van der Waals surface area contributed by atoms with Gasteiger partial charge in [0.15, 0.2) is 0 Å². The van der Waals surface area contributed by atoms with E-state index in [1.165, 1.54) is 0 Å². The zero-order chi connectivity index (χ0) is 28.0. The van der Waals surface area contributed by atoms with Gasteiger partial charge >= 0.3 is 222 Å². The Hall–Kier alpha value is -5.06. The minimum absolute atomic E-state index is 0.742. The molecule has 0 unspecified atom stereocenters. The van der Waals surface area contributed by atoms with Gasteiger partial charge in [0.1, 0.15) is 0 Å². The fourth-order valence-corrected chi connectivity index (χ4v) is 6.74. The molecular weight excluding hydrogens is 701 g/mol. The van der Waals surface area contributed by atoms with E-state index in [2.05, 4.69) is 122 Å². The van der Waals surface area contributed by atoms with E-state index in [0.717, 1.165) is 65.5 Å². The van der Waals surface area contributed by atoms with E-state index >= 15 is 0 Å². The van der Waals surface area contributed by atoms with Gasteiger partial charge in [0.2, 0.25) is 0 Å². The standard InChI is InChI=1S/C35H23N5O.Pt/c1-2-10-25(11-3-1)38-24-39(32-16-5-4-15-31(32)38)26-12-8-13-27(22-26)41-28-18-19-29-30-14-9-21-37-35(30)40(33(29)23-28)34-17-6-7-20-36-34;/h1-23H;. The van der Waals surface area contributed by atoms with E-state index in [1.807, 2.05) is 54.7 Å². The molecule has 0 saturated heterocycles. The molecule has 0 radical (unpaired) electrons. The maximum atomic E-state index is 6.50. The van der Waals surface area contributed by atoms with Crippen LogP contribution in [0.15, 0.2) is 140 Å². The van der Waals surface area contributed by atoms with Crippen LogP contribution in [-0.4, -0.2) is 23.7 Å². The Balaban J connectivity index is 1.24. The van der Waals surface area contributed by atoms with Gasteiger partial charge in [-0.3, -0.25) is 0 Å². The summed E-state index contributed by atoms with van der Waals surface area (Å²) in [7, 11) is 0. The van der Waals surface area contributed by atoms with E-state index < -0.39 is 0 Å². The molecule has 0 amide bonds. The normalized spacial score (nSPS) is 11.5. The van der Waals surface area contributed by atoms with Crippen molar-refractivity contribution in [2.45, 2.75) is 0 Å². The van der Waals surface area contributed by atoms with Crippen LogP contribution in [0.1, 0.15) is 0 Å². The van der Waals surface area contributed by atoms with E-state index in [1.54, 1.807) is 6.20 Å². The monoisotopic (exact) mass is 724 g/mol. The Morgan fingerprint density at radius 3 is 2.02 bits per heavy atom. The SMILES string of the molecule is [Pt]=[c]1n(-c2ccccc2)c2ccccc2n1-c1cccc(Oc2ccc3c4cccnc4n(-c4ccccn4)c3c2)c1. The third-order valence-corrected chi connectivity index (χ3v) is 8.42. The zero-order valence-electron chi connectivity index (χ0n) is 22.2. The molecule has 204 valence electrons. The molecule has 0 aliphatic rings. The molecule has 7 heteroatoms. The molecule has 8 aromatic rings. The van der Waals surface area contributed by atoms with Gasteiger partial charge in [-0.25, -0.2) is 0 Å². The summed E-state index contributed by atoms with van der Waals surface area (Å²) in [6, 6.07) is 43.3. The van der Waals surface area contributed by atoms with Crippen molar-refractivity contribution < 1.29 is 24.1 Å². The number of aromatic nitrogens is 5. The van der Waals surface area contributed by atoms with E-state index in [9.17, 15) is 0 Å². The van der Waals surface area contributed by atoms with Crippen molar-refractivity contribution in [3.63, 3.8) is 0 Å². The molecule has 0 fully saturated rings. The molecule has 0 atom stereocenters. The van der Waals surface area contributed by atoms with Crippen LogP contribution in [0.2, 0.25) is 0 Å². The fourth-order valence-electron chi connectivity index (χ4n) is 5.61. The number of nitrogens with zero attached hydrogens (tertiary/aromatic N) is 5. The predicted octanol–water partition coefficient (Wildman–Crippen LogP) is 8.18. The van der Waals surface area contributed by atoms with Gasteiger partial charge in [0.25, 0.3) is 0 Å². The van der Waals surface area contributed by atoms with Crippen molar-refractivity contribution in [1.82, 2.24) is 23.7 Å². The second-order valence-corrected chi connectivity index (χ2v) is 10.9. The molecule has 0 saturated carbocycles. The first-order chi connectivity index (χ1) is 20.8. The Labute approximate surface area is 252 Å². The summed E-state index contributed by atoms with van der Waals surface area (Å²) in [5.74, 6) is 2.31. The number of para-hydroxylation sites is 3. The van der Waals surface area contributed by atoms with E-state index in [-0.39, 0.29) is 0 Å². The molecule has 0 bridgehead atoms. The molecule has 0 spiro atoms. The number of hydrogen-bond donors (Lipinski definition) is 0. The summed E-state index contributed by atoms with van der Waals surface area (Å²) in [6.45, 7) is 0. The van der Waals surface area contributed by atoms with Crippen molar-refractivity contribution in [3.8, 4) is 28.7 Å². The summed E-state index contributed by atoms with van der Waals surface area (Å²) in [6.07, 6.45) is 3.62. The van der Waals surface area contributed by atoms with Crippen LogP contribution in [0.25, 0.3) is 50.2 Å². The fraction of sp³-hybridized carbons (Fsp3) is 0. The van der Waals surface area contributed by atoms with Gasteiger partial charge < -0.3 is 0 Å². The zero-order valence-corrected chi connectivity index (χ0v) is 24.5. The summed E-state index contributed by atoms with van der Waals surface area (Å²) in [5, 5.41) is 2.18. The topological polar surface area (TPSA) is 49.8 Å². The number of pyridine rings is 2. The molecule has 0 aliphatic heterocycles. The first-order valence-corrected chi connectivity index (χ1v) is 14.7. The van der Waals surface area contributed by atoms with Gasteiger partial charge in [0, 0.05) is 12.4 Å². The maximum absolute atomic E-state index is 6.50. The van der Waals surface area contributed by atoms with Crippen LogP contribution in [0.3, 0.4) is 0 Å². The first kappa shape index (κ1) is 24.7. The third kappa shape index (κ3) is 4.03. The van der Waals surface area contributed by atoms with E-state index in [4.69, 9.17) is 4.74 Å². The van der Waals surface area contributed by atoms with E-state index in [0.29, 0.717) is 0 Å². The van der Waals surface area contributed by atoms with Crippen LogP contribution in [-0.2, 0) is 19.4 Å². The Kier molecular flexibility index (Phi) is 5.94. The third-order valence-electron chi connectivity index (χ3n) is 7.41. The van der Waals surface area contributed by atoms with Crippen molar-refractivity contribution in [1.29, 1.82) is 0 Å². The second-order valence-electron chi connectivity index (χ2n) is 9.91. The molecule has 42 heavy (non-hydrogen) atoms. The predicted molar refractivity (Wildman–Crippen MR) is 162 cm³/mol. The average molecular weight is 725 g/mol. The minimum atomic E-state index is 0.742. The molecule has 6 nitrogen and oxygen atoms in total. The van der Waals surface area contributed by atoms with Gasteiger partial charge in [0.05, 0.1) is 0 Å². The Bertz CT molecular complexity index is 2300. The van der Waals surface area contributed by atoms with Crippen LogP contribution in [0.4, 0.5) is 0 Å². The van der Waals surface area contributed by atoms with Crippen LogP contribution in [0.5, 0.6) is 11.5 Å². The van der Waals surface area contributed by atoms with Crippen LogP contribution in [0, 0.1) is 3.80 Å². The number of imidazole rings is 1. The molecule has 0 N–H and O–H groups in total. The molecule has 4 aromatic heterocycles. The summed E-state index contributed by atoms with van der Waals surface area (Å²) >= 11 is 2.41. The number of benzene rings is 4. The number of fused-ring (bicyclic) bond motifs is 4.